The highest BCUT2D eigenvalue weighted by Gasteiger charge is 2.29. The molecule has 0 saturated carbocycles. The van der Waals surface area contributed by atoms with Gasteiger partial charge in [-0.1, -0.05) is 30.3 Å². The summed E-state index contributed by atoms with van der Waals surface area (Å²) in [5, 5.41) is 7.52. The second kappa shape index (κ2) is 6.26. The molecule has 2 heterocycles. The summed E-state index contributed by atoms with van der Waals surface area (Å²) in [6.45, 7) is 5.85. The Morgan fingerprint density at radius 3 is 3.10 bits per heavy atom. The van der Waals surface area contributed by atoms with Crippen molar-refractivity contribution in [1.82, 2.24) is 15.5 Å². The maximum atomic E-state index is 5.67. The minimum absolute atomic E-state index is 0.0879. The normalized spacial score (nSPS) is 18.3. The van der Waals surface area contributed by atoms with Crippen molar-refractivity contribution in [2.75, 3.05) is 13.2 Å². The predicted molar refractivity (Wildman–Crippen MR) is 79.5 cm³/mol. The molecule has 0 radical (unpaired) electrons. The Morgan fingerprint density at radius 2 is 2.24 bits per heavy atom. The van der Waals surface area contributed by atoms with Crippen LogP contribution in [0.5, 0.6) is 5.75 Å². The van der Waals surface area contributed by atoms with Gasteiger partial charge in [0.05, 0.1) is 5.92 Å². The molecule has 0 fully saturated rings. The van der Waals surface area contributed by atoms with E-state index >= 15 is 0 Å². The smallest absolute Gasteiger partial charge is 0.226 e. The van der Waals surface area contributed by atoms with Crippen LogP contribution in [0.25, 0.3) is 0 Å². The van der Waals surface area contributed by atoms with Gasteiger partial charge in [0.25, 0.3) is 0 Å². The first-order valence-electron chi connectivity index (χ1n) is 7.55. The summed E-state index contributed by atoms with van der Waals surface area (Å²) in [4.78, 5) is 4.54. The van der Waals surface area contributed by atoms with Crippen LogP contribution in [-0.2, 0) is 6.42 Å². The van der Waals surface area contributed by atoms with Crippen LogP contribution in [0, 0.1) is 0 Å². The summed E-state index contributed by atoms with van der Waals surface area (Å²) in [5.41, 5.74) is 1.14. The van der Waals surface area contributed by atoms with Gasteiger partial charge in [-0.3, -0.25) is 0 Å². The number of benzene rings is 1. The fourth-order valence-corrected chi connectivity index (χ4v) is 2.68. The van der Waals surface area contributed by atoms with Crippen molar-refractivity contribution < 1.29 is 9.26 Å². The monoisotopic (exact) mass is 287 g/mol. The molecule has 3 rings (SSSR count). The largest absolute Gasteiger partial charge is 0.492 e. The van der Waals surface area contributed by atoms with Gasteiger partial charge in [0.15, 0.2) is 5.82 Å². The Labute approximate surface area is 124 Å². The highest BCUT2D eigenvalue weighted by molar-refractivity contribution is 5.42. The molecule has 1 aliphatic heterocycles. The number of nitrogens with zero attached hydrogens (tertiary/aromatic N) is 2. The molecule has 0 spiro atoms. The third kappa shape index (κ3) is 3.08. The number of aromatic nitrogens is 2. The van der Waals surface area contributed by atoms with Crippen molar-refractivity contribution >= 4 is 0 Å². The standard InChI is InChI=1S/C16H21N3O2/c1-3-17-11(2)8-9-15-18-16(19-21-15)13-10-20-14-7-5-4-6-12(13)14/h4-7,11,13,17H,3,8-10H2,1-2H3. The average molecular weight is 287 g/mol. The number of nitrogens with one attached hydrogen (secondary N) is 1. The maximum absolute atomic E-state index is 5.67. The quantitative estimate of drug-likeness (QED) is 0.884. The van der Waals surface area contributed by atoms with E-state index < -0.39 is 0 Å². The Hall–Kier alpha value is -1.88. The van der Waals surface area contributed by atoms with E-state index in [9.17, 15) is 0 Å². The molecule has 2 atom stereocenters. The SMILES string of the molecule is CCNC(C)CCc1nc(C2COc3ccccc32)no1. The molecule has 1 aromatic heterocycles. The van der Waals surface area contributed by atoms with E-state index in [1.54, 1.807) is 0 Å². The Morgan fingerprint density at radius 1 is 1.38 bits per heavy atom. The lowest BCUT2D eigenvalue weighted by atomic mass is 10.0. The van der Waals surface area contributed by atoms with Gasteiger partial charge in [-0.15, -0.1) is 0 Å². The van der Waals surface area contributed by atoms with E-state index in [1.807, 2.05) is 18.2 Å². The number of para-hydroxylation sites is 1. The molecule has 21 heavy (non-hydrogen) atoms. The molecule has 112 valence electrons. The van der Waals surface area contributed by atoms with Crippen molar-refractivity contribution in [2.24, 2.45) is 0 Å². The molecule has 2 unspecified atom stereocenters. The molecule has 1 aromatic carbocycles. The molecule has 0 aliphatic carbocycles. The van der Waals surface area contributed by atoms with Crippen LogP contribution in [0.1, 0.15) is 43.5 Å². The summed E-state index contributed by atoms with van der Waals surface area (Å²) in [6, 6.07) is 8.50. The molecule has 1 aliphatic rings. The summed E-state index contributed by atoms with van der Waals surface area (Å²) >= 11 is 0. The molecule has 0 amide bonds. The van der Waals surface area contributed by atoms with E-state index in [1.165, 1.54) is 0 Å². The fourth-order valence-electron chi connectivity index (χ4n) is 2.68. The topological polar surface area (TPSA) is 60.2 Å². The van der Waals surface area contributed by atoms with Crippen LogP contribution in [-0.4, -0.2) is 29.3 Å². The number of fused-ring (bicyclic) bond motifs is 1. The van der Waals surface area contributed by atoms with E-state index in [-0.39, 0.29) is 5.92 Å². The first kappa shape index (κ1) is 14.1. The summed E-state index contributed by atoms with van der Waals surface area (Å²) in [5.74, 6) is 2.45. The minimum atomic E-state index is 0.0879. The molecule has 0 saturated heterocycles. The second-order valence-corrected chi connectivity index (χ2v) is 5.45. The van der Waals surface area contributed by atoms with Crippen LogP contribution in [0.2, 0.25) is 0 Å². The van der Waals surface area contributed by atoms with E-state index in [0.29, 0.717) is 18.5 Å². The van der Waals surface area contributed by atoms with Crippen LogP contribution in [0.3, 0.4) is 0 Å². The molecule has 5 heteroatoms. The first-order chi connectivity index (χ1) is 10.3. The molecular formula is C16H21N3O2. The predicted octanol–water partition coefficient (Wildman–Crippen LogP) is 2.52. The summed E-state index contributed by atoms with van der Waals surface area (Å²) < 4.78 is 11.0. The first-order valence-corrected chi connectivity index (χ1v) is 7.55. The zero-order valence-corrected chi connectivity index (χ0v) is 12.5. The maximum Gasteiger partial charge on any atom is 0.226 e. The highest BCUT2D eigenvalue weighted by Crippen LogP contribution is 2.36. The van der Waals surface area contributed by atoms with Gasteiger partial charge in [-0.05, 0) is 26.0 Å². The van der Waals surface area contributed by atoms with Gasteiger partial charge in [-0.25, -0.2) is 0 Å². The Balaban J connectivity index is 1.66. The fraction of sp³-hybridized carbons (Fsp3) is 0.500. The highest BCUT2D eigenvalue weighted by atomic mass is 16.5. The molecule has 2 aromatic rings. The van der Waals surface area contributed by atoms with Crippen molar-refractivity contribution in [3.05, 3.63) is 41.5 Å². The zero-order chi connectivity index (χ0) is 14.7. The lowest BCUT2D eigenvalue weighted by Crippen LogP contribution is -2.25. The summed E-state index contributed by atoms with van der Waals surface area (Å²) in [6.07, 6.45) is 1.80. The van der Waals surface area contributed by atoms with Gasteiger partial charge < -0.3 is 14.6 Å². The third-order valence-corrected chi connectivity index (χ3v) is 3.84. The van der Waals surface area contributed by atoms with Crippen LogP contribution < -0.4 is 10.1 Å². The number of hydrogen-bond donors (Lipinski definition) is 1. The molecular weight excluding hydrogens is 266 g/mol. The van der Waals surface area contributed by atoms with Crippen molar-refractivity contribution in [3.8, 4) is 5.75 Å². The van der Waals surface area contributed by atoms with Crippen molar-refractivity contribution in [3.63, 3.8) is 0 Å². The number of hydrogen-bond acceptors (Lipinski definition) is 5. The van der Waals surface area contributed by atoms with E-state index in [4.69, 9.17) is 9.26 Å². The van der Waals surface area contributed by atoms with E-state index in [0.717, 1.165) is 36.5 Å². The number of rotatable bonds is 6. The van der Waals surface area contributed by atoms with E-state index in [2.05, 4.69) is 35.4 Å². The van der Waals surface area contributed by atoms with Crippen LogP contribution in [0.15, 0.2) is 28.8 Å². The van der Waals surface area contributed by atoms with Crippen molar-refractivity contribution in [2.45, 2.75) is 38.6 Å². The van der Waals surface area contributed by atoms with Gasteiger partial charge >= 0.3 is 0 Å². The molecule has 0 bridgehead atoms. The zero-order valence-electron chi connectivity index (χ0n) is 12.5. The van der Waals surface area contributed by atoms with Gasteiger partial charge in [0.1, 0.15) is 12.4 Å². The average Bonchev–Trinajstić information content (AvgIpc) is 3.12. The lowest BCUT2D eigenvalue weighted by molar-refractivity contribution is 0.330. The molecule has 1 N–H and O–H groups in total. The number of aryl methyl sites for hydroxylation is 1. The van der Waals surface area contributed by atoms with Crippen LogP contribution in [0.4, 0.5) is 0 Å². The third-order valence-electron chi connectivity index (χ3n) is 3.84. The molecule has 5 nitrogen and oxygen atoms in total. The lowest BCUT2D eigenvalue weighted by Gasteiger charge is -2.09. The van der Waals surface area contributed by atoms with Crippen LogP contribution >= 0.6 is 0 Å². The Bertz CT molecular complexity index is 597. The second-order valence-electron chi connectivity index (χ2n) is 5.45. The summed E-state index contributed by atoms with van der Waals surface area (Å²) in [7, 11) is 0. The Kier molecular flexibility index (Phi) is 4.20. The van der Waals surface area contributed by atoms with Crippen molar-refractivity contribution in [1.29, 1.82) is 0 Å². The van der Waals surface area contributed by atoms with Gasteiger partial charge in [-0.2, -0.15) is 4.98 Å². The number of ether oxygens (including phenoxy) is 1. The van der Waals surface area contributed by atoms with Gasteiger partial charge in [0.2, 0.25) is 5.89 Å². The minimum Gasteiger partial charge on any atom is -0.492 e. The van der Waals surface area contributed by atoms with Gasteiger partial charge in [0, 0.05) is 18.0 Å².